The first kappa shape index (κ1) is 24.5. The van der Waals surface area contributed by atoms with Crippen molar-refractivity contribution in [2.24, 2.45) is 5.41 Å². The van der Waals surface area contributed by atoms with Crippen LogP contribution in [-0.4, -0.2) is 46.2 Å². The van der Waals surface area contributed by atoms with Crippen LogP contribution in [0.3, 0.4) is 0 Å². The molecule has 194 valence electrons. The molecule has 6 rings (SSSR count). The van der Waals surface area contributed by atoms with E-state index >= 15 is 0 Å². The van der Waals surface area contributed by atoms with E-state index in [0.29, 0.717) is 0 Å². The number of hydrogen-bond acceptors (Lipinski definition) is 7. The predicted octanol–water partition coefficient (Wildman–Crippen LogP) is 5.77. The summed E-state index contributed by atoms with van der Waals surface area (Å²) in [4.78, 5) is 0. The van der Waals surface area contributed by atoms with Crippen LogP contribution in [0.5, 0.6) is 0 Å². The molecule has 39 heavy (non-hydrogen) atoms. The van der Waals surface area contributed by atoms with Crippen LogP contribution in [0.1, 0.15) is 50.3 Å². The SMILES string of the molecule is C=C(C(c1cccc2[nH]nnc12)c1cccc2[nH]nnc12)C(C)(C)C(C)(C)c1ccccc1-c1ccnnn1. The summed E-state index contributed by atoms with van der Waals surface area (Å²) in [5.41, 5.74) is 8.56. The largest absolute Gasteiger partial charge is 0.258 e. The first-order chi connectivity index (χ1) is 18.8. The van der Waals surface area contributed by atoms with Crippen LogP contribution in [0, 0.1) is 5.41 Å². The summed E-state index contributed by atoms with van der Waals surface area (Å²) in [6.07, 6.45) is 1.67. The highest BCUT2D eigenvalue weighted by Crippen LogP contribution is 2.54. The topological polar surface area (TPSA) is 122 Å². The van der Waals surface area contributed by atoms with Crippen molar-refractivity contribution in [1.29, 1.82) is 0 Å². The Kier molecular flexibility index (Phi) is 5.79. The molecular weight excluding hydrogens is 486 g/mol. The van der Waals surface area contributed by atoms with Gasteiger partial charge in [0.1, 0.15) is 11.0 Å². The quantitative estimate of drug-likeness (QED) is 0.259. The number of allylic oxidation sites excluding steroid dienone is 1. The number of aromatic nitrogens is 9. The monoisotopic (exact) mass is 515 g/mol. The number of hydrogen-bond donors (Lipinski definition) is 2. The second-order valence-electron chi connectivity index (χ2n) is 10.9. The van der Waals surface area contributed by atoms with Crippen LogP contribution in [0.25, 0.3) is 33.3 Å². The maximum Gasteiger partial charge on any atom is 0.117 e. The zero-order chi connectivity index (χ0) is 27.2. The Morgan fingerprint density at radius 3 is 1.95 bits per heavy atom. The summed E-state index contributed by atoms with van der Waals surface area (Å²) in [6.45, 7) is 13.8. The molecule has 0 saturated carbocycles. The second-order valence-corrected chi connectivity index (χ2v) is 10.9. The van der Waals surface area contributed by atoms with Gasteiger partial charge in [0.25, 0.3) is 0 Å². The van der Waals surface area contributed by atoms with E-state index in [1.807, 2.05) is 36.4 Å². The summed E-state index contributed by atoms with van der Waals surface area (Å²) >= 11 is 0. The van der Waals surface area contributed by atoms with E-state index in [9.17, 15) is 0 Å². The molecule has 0 unspecified atom stereocenters. The zero-order valence-electron chi connectivity index (χ0n) is 22.3. The molecule has 0 radical (unpaired) electrons. The van der Waals surface area contributed by atoms with E-state index in [1.54, 1.807) is 6.20 Å². The van der Waals surface area contributed by atoms with Gasteiger partial charge in [-0.3, -0.25) is 10.2 Å². The van der Waals surface area contributed by atoms with Gasteiger partial charge in [0.2, 0.25) is 0 Å². The van der Waals surface area contributed by atoms with Crippen molar-refractivity contribution in [3.63, 3.8) is 0 Å². The molecule has 9 nitrogen and oxygen atoms in total. The fraction of sp³-hybridized carbons (Fsp3) is 0.233. The summed E-state index contributed by atoms with van der Waals surface area (Å²) in [7, 11) is 0. The molecule has 0 aliphatic heterocycles. The van der Waals surface area contributed by atoms with E-state index in [-0.39, 0.29) is 11.3 Å². The van der Waals surface area contributed by atoms with Crippen molar-refractivity contribution in [3.8, 4) is 11.3 Å². The maximum atomic E-state index is 4.80. The van der Waals surface area contributed by atoms with E-state index in [0.717, 1.165) is 55.6 Å². The molecule has 2 N–H and O–H groups in total. The Bertz CT molecular complexity index is 1720. The fourth-order valence-corrected chi connectivity index (χ4v) is 5.53. The van der Waals surface area contributed by atoms with Crippen molar-refractivity contribution >= 4 is 22.1 Å². The third-order valence-electron chi connectivity index (χ3n) is 8.49. The van der Waals surface area contributed by atoms with Crippen LogP contribution in [0.2, 0.25) is 0 Å². The molecule has 0 fully saturated rings. The summed E-state index contributed by atoms with van der Waals surface area (Å²) in [5.74, 6) is -0.227. The van der Waals surface area contributed by atoms with Gasteiger partial charge in [-0.15, -0.1) is 20.4 Å². The molecule has 3 aromatic heterocycles. The number of benzene rings is 3. The Morgan fingerprint density at radius 1 is 0.744 bits per heavy atom. The minimum absolute atomic E-state index is 0.227. The van der Waals surface area contributed by atoms with E-state index in [2.05, 4.69) is 104 Å². The number of H-pyrrole nitrogens is 2. The minimum Gasteiger partial charge on any atom is -0.258 e. The molecule has 3 aromatic carbocycles. The minimum atomic E-state index is -0.425. The van der Waals surface area contributed by atoms with Crippen LogP contribution in [-0.2, 0) is 5.41 Å². The number of aromatic amines is 2. The smallest absolute Gasteiger partial charge is 0.117 e. The average Bonchev–Trinajstić information content (AvgIpc) is 3.64. The Hall–Kier alpha value is -4.79. The number of rotatable bonds is 7. The predicted molar refractivity (Wildman–Crippen MR) is 151 cm³/mol. The Balaban J connectivity index is 1.54. The first-order valence-electron chi connectivity index (χ1n) is 12.8. The highest BCUT2D eigenvalue weighted by Gasteiger charge is 2.45. The molecule has 3 heterocycles. The second kappa shape index (κ2) is 9.20. The maximum absolute atomic E-state index is 4.80. The lowest BCUT2D eigenvalue weighted by atomic mass is 9.57. The third kappa shape index (κ3) is 3.89. The van der Waals surface area contributed by atoms with Gasteiger partial charge in [-0.25, -0.2) is 0 Å². The molecule has 6 aromatic rings. The third-order valence-corrected chi connectivity index (χ3v) is 8.49. The van der Waals surface area contributed by atoms with Gasteiger partial charge < -0.3 is 0 Å². The molecule has 0 atom stereocenters. The molecule has 0 aliphatic carbocycles. The Morgan fingerprint density at radius 2 is 1.36 bits per heavy atom. The highest BCUT2D eigenvalue weighted by atomic mass is 15.3. The number of nitrogens with one attached hydrogen (secondary N) is 2. The normalized spacial score (nSPS) is 12.4. The molecule has 9 heteroatoms. The summed E-state index contributed by atoms with van der Waals surface area (Å²) in [6, 6.07) is 22.5. The van der Waals surface area contributed by atoms with Gasteiger partial charge in [0.15, 0.2) is 0 Å². The van der Waals surface area contributed by atoms with Gasteiger partial charge in [-0.1, -0.05) is 98.8 Å². The van der Waals surface area contributed by atoms with Crippen molar-refractivity contribution < 1.29 is 0 Å². The highest BCUT2D eigenvalue weighted by molar-refractivity contribution is 5.84. The van der Waals surface area contributed by atoms with Crippen LogP contribution < -0.4 is 0 Å². The lowest BCUT2D eigenvalue weighted by molar-refractivity contribution is 0.241. The van der Waals surface area contributed by atoms with E-state index in [4.69, 9.17) is 6.58 Å². The van der Waals surface area contributed by atoms with Gasteiger partial charge >= 0.3 is 0 Å². The molecule has 0 amide bonds. The molecule has 0 saturated heterocycles. The van der Waals surface area contributed by atoms with Gasteiger partial charge in [0.05, 0.1) is 22.9 Å². The van der Waals surface area contributed by atoms with E-state index < -0.39 is 5.41 Å². The van der Waals surface area contributed by atoms with Crippen molar-refractivity contribution in [1.82, 2.24) is 46.2 Å². The zero-order valence-corrected chi connectivity index (χ0v) is 22.3. The van der Waals surface area contributed by atoms with Crippen molar-refractivity contribution in [3.05, 3.63) is 102 Å². The van der Waals surface area contributed by atoms with Crippen molar-refractivity contribution in [2.45, 2.75) is 39.0 Å². The van der Waals surface area contributed by atoms with Crippen LogP contribution >= 0.6 is 0 Å². The first-order valence-corrected chi connectivity index (χ1v) is 12.8. The average molecular weight is 516 g/mol. The molecule has 0 bridgehead atoms. The molecular formula is C30H29N9. The van der Waals surface area contributed by atoms with Crippen LogP contribution in [0.4, 0.5) is 0 Å². The van der Waals surface area contributed by atoms with Gasteiger partial charge in [-0.05, 0) is 50.9 Å². The lowest BCUT2D eigenvalue weighted by Crippen LogP contribution is -2.40. The standard InChI is InChI=1S/C30H29N9/c1-18(29(2,3)30(4,5)22-13-7-6-10-19(22)23-16-17-31-37-32-23)26(20-11-8-14-24-27(20)35-38-33-24)21-12-9-15-25-28(21)36-39-34-25/h6-17,26H,1H2,2-5H3,(H,33,35,38)(H,34,36,39). The fourth-order valence-electron chi connectivity index (χ4n) is 5.53. The number of fused-ring (bicyclic) bond motifs is 2. The van der Waals surface area contributed by atoms with Gasteiger partial charge in [-0.2, -0.15) is 0 Å². The van der Waals surface area contributed by atoms with Crippen molar-refractivity contribution in [2.75, 3.05) is 0 Å². The Labute approximate surface area is 225 Å². The van der Waals surface area contributed by atoms with Gasteiger partial charge in [0, 0.05) is 11.5 Å². The van der Waals surface area contributed by atoms with Crippen LogP contribution in [0.15, 0.2) is 85.1 Å². The lowest BCUT2D eigenvalue weighted by Gasteiger charge is -2.47. The molecule has 0 spiro atoms. The van der Waals surface area contributed by atoms with E-state index in [1.165, 1.54) is 0 Å². The number of nitrogens with zero attached hydrogens (tertiary/aromatic N) is 7. The summed E-state index contributed by atoms with van der Waals surface area (Å²) in [5, 5.41) is 35.2. The molecule has 0 aliphatic rings. The summed E-state index contributed by atoms with van der Waals surface area (Å²) < 4.78 is 0.